The third-order valence-electron chi connectivity index (χ3n) is 2.74. The van der Waals surface area contributed by atoms with Crippen molar-refractivity contribution in [1.29, 1.82) is 0 Å². The number of pyridine rings is 1. The highest BCUT2D eigenvalue weighted by atomic mass is 16.6. The van der Waals surface area contributed by atoms with E-state index >= 15 is 0 Å². The molecule has 0 aliphatic carbocycles. The van der Waals surface area contributed by atoms with Crippen molar-refractivity contribution >= 4 is 11.5 Å². The molecule has 8 heteroatoms. The van der Waals surface area contributed by atoms with Crippen LogP contribution in [0.4, 0.5) is 5.69 Å². The molecular formula is C13H12N4O4. The molecule has 1 aromatic carbocycles. The number of rotatable bonds is 4. The highest BCUT2D eigenvalue weighted by Crippen LogP contribution is 2.29. The number of nitrogens with zero attached hydrogens (tertiary/aromatic N) is 3. The average molecular weight is 288 g/mol. The number of nitro benzene ring substituents is 1. The molecule has 0 unspecified atom stereocenters. The first-order valence-corrected chi connectivity index (χ1v) is 5.88. The monoisotopic (exact) mass is 288 g/mol. The van der Waals surface area contributed by atoms with Crippen LogP contribution in [-0.2, 0) is 0 Å². The lowest BCUT2D eigenvalue weighted by molar-refractivity contribution is -0.384. The van der Waals surface area contributed by atoms with Gasteiger partial charge in [-0.3, -0.25) is 15.1 Å². The Hall–Kier alpha value is -3.16. The van der Waals surface area contributed by atoms with Crippen LogP contribution in [0.3, 0.4) is 0 Å². The maximum absolute atomic E-state index is 10.8. The average Bonchev–Trinajstić information content (AvgIpc) is 2.49. The van der Waals surface area contributed by atoms with E-state index in [9.17, 15) is 10.1 Å². The molecule has 0 aliphatic rings. The van der Waals surface area contributed by atoms with Crippen LogP contribution in [0, 0.1) is 17.0 Å². The lowest BCUT2D eigenvalue weighted by Crippen LogP contribution is -2.14. The Balaban J connectivity index is 2.48. The van der Waals surface area contributed by atoms with Gasteiger partial charge in [0.1, 0.15) is 11.5 Å². The van der Waals surface area contributed by atoms with Crippen LogP contribution < -0.4 is 10.5 Å². The highest BCUT2D eigenvalue weighted by Gasteiger charge is 2.16. The SMILES string of the molecule is Cc1ncccc1Oc1ccc([N+](=O)[O-])cc1/C(N)=N/O. The fourth-order valence-electron chi connectivity index (χ4n) is 1.67. The van der Waals surface area contributed by atoms with Gasteiger partial charge in [-0.05, 0) is 25.1 Å². The number of hydrogen-bond donors (Lipinski definition) is 2. The van der Waals surface area contributed by atoms with Crippen LogP contribution in [0.1, 0.15) is 11.3 Å². The maximum atomic E-state index is 10.8. The van der Waals surface area contributed by atoms with Gasteiger partial charge in [-0.15, -0.1) is 0 Å². The summed E-state index contributed by atoms with van der Waals surface area (Å²) in [5.41, 5.74) is 6.11. The topological polar surface area (TPSA) is 124 Å². The van der Waals surface area contributed by atoms with E-state index in [1.807, 2.05) is 0 Å². The van der Waals surface area contributed by atoms with Gasteiger partial charge in [0.15, 0.2) is 5.84 Å². The number of amidine groups is 1. The summed E-state index contributed by atoms with van der Waals surface area (Å²) in [6.45, 7) is 1.75. The standard InChI is InChI=1S/C13H12N4O4/c1-8-11(3-2-6-15-8)21-12-5-4-9(17(19)20)7-10(12)13(14)16-18/h2-7,18H,1H3,(H2,14,16). The highest BCUT2D eigenvalue weighted by molar-refractivity contribution is 6.00. The number of ether oxygens (including phenoxy) is 1. The van der Waals surface area contributed by atoms with Crippen LogP contribution in [0.15, 0.2) is 41.7 Å². The van der Waals surface area contributed by atoms with Crippen LogP contribution in [-0.4, -0.2) is 21.0 Å². The fourth-order valence-corrected chi connectivity index (χ4v) is 1.67. The van der Waals surface area contributed by atoms with Gasteiger partial charge in [0, 0.05) is 18.3 Å². The molecule has 3 N–H and O–H groups in total. The van der Waals surface area contributed by atoms with E-state index in [0.717, 1.165) is 0 Å². The van der Waals surface area contributed by atoms with Crippen molar-refractivity contribution in [3.05, 3.63) is 57.9 Å². The second-order valence-electron chi connectivity index (χ2n) is 4.11. The molecule has 0 amide bonds. The van der Waals surface area contributed by atoms with E-state index in [0.29, 0.717) is 11.4 Å². The number of non-ortho nitro benzene ring substituents is 1. The van der Waals surface area contributed by atoms with Crippen molar-refractivity contribution < 1.29 is 14.9 Å². The Morgan fingerprint density at radius 1 is 1.43 bits per heavy atom. The van der Waals surface area contributed by atoms with E-state index in [-0.39, 0.29) is 22.8 Å². The molecule has 1 heterocycles. The Morgan fingerprint density at radius 3 is 2.81 bits per heavy atom. The zero-order valence-electron chi connectivity index (χ0n) is 11.1. The number of nitro groups is 1. The van der Waals surface area contributed by atoms with E-state index < -0.39 is 4.92 Å². The maximum Gasteiger partial charge on any atom is 0.270 e. The minimum atomic E-state index is -0.576. The molecule has 8 nitrogen and oxygen atoms in total. The number of oxime groups is 1. The summed E-state index contributed by atoms with van der Waals surface area (Å²) >= 11 is 0. The predicted octanol–water partition coefficient (Wildman–Crippen LogP) is 2.19. The molecule has 0 fully saturated rings. The van der Waals surface area contributed by atoms with Crippen LogP contribution >= 0.6 is 0 Å². The van der Waals surface area contributed by atoms with Gasteiger partial charge in [0.2, 0.25) is 0 Å². The Bertz CT molecular complexity index is 715. The minimum absolute atomic E-state index is 0.120. The fraction of sp³-hybridized carbons (Fsp3) is 0.0769. The van der Waals surface area contributed by atoms with E-state index in [2.05, 4.69) is 10.1 Å². The summed E-state index contributed by atoms with van der Waals surface area (Å²) in [4.78, 5) is 14.3. The molecule has 2 aromatic rings. The minimum Gasteiger partial charge on any atom is -0.455 e. The molecule has 0 spiro atoms. The summed E-state index contributed by atoms with van der Waals surface area (Å²) in [5.74, 6) is 0.417. The zero-order valence-corrected chi connectivity index (χ0v) is 11.1. The normalized spacial score (nSPS) is 11.2. The van der Waals surface area contributed by atoms with Gasteiger partial charge in [0.05, 0.1) is 16.2 Å². The van der Waals surface area contributed by atoms with Crippen LogP contribution in [0.25, 0.3) is 0 Å². The third kappa shape index (κ3) is 3.06. The molecule has 2 rings (SSSR count). The Labute approximate surface area is 119 Å². The van der Waals surface area contributed by atoms with Crippen molar-refractivity contribution in [3.63, 3.8) is 0 Å². The van der Waals surface area contributed by atoms with Gasteiger partial charge in [0.25, 0.3) is 5.69 Å². The molecule has 0 radical (unpaired) electrons. The van der Waals surface area contributed by atoms with Crippen molar-refractivity contribution in [2.24, 2.45) is 10.9 Å². The quantitative estimate of drug-likeness (QED) is 0.292. The summed E-state index contributed by atoms with van der Waals surface area (Å²) in [6, 6.07) is 7.22. The summed E-state index contributed by atoms with van der Waals surface area (Å²) in [6.07, 6.45) is 1.61. The molecule has 21 heavy (non-hydrogen) atoms. The van der Waals surface area contributed by atoms with Gasteiger partial charge < -0.3 is 15.7 Å². The molecule has 0 aliphatic heterocycles. The second kappa shape index (κ2) is 5.87. The molecular weight excluding hydrogens is 276 g/mol. The largest absolute Gasteiger partial charge is 0.455 e. The van der Waals surface area contributed by atoms with Gasteiger partial charge >= 0.3 is 0 Å². The first-order chi connectivity index (χ1) is 10.0. The van der Waals surface area contributed by atoms with Crippen molar-refractivity contribution in [2.75, 3.05) is 0 Å². The third-order valence-corrected chi connectivity index (χ3v) is 2.74. The molecule has 0 atom stereocenters. The predicted molar refractivity (Wildman–Crippen MR) is 74.7 cm³/mol. The number of benzene rings is 1. The summed E-state index contributed by atoms with van der Waals surface area (Å²) < 4.78 is 5.64. The van der Waals surface area contributed by atoms with Gasteiger partial charge in [-0.25, -0.2) is 0 Å². The molecule has 108 valence electrons. The first kappa shape index (κ1) is 14.3. The number of nitrogens with two attached hydrogens (primary N) is 1. The Kier molecular flexibility index (Phi) is 3.98. The number of aryl methyl sites for hydroxylation is 1. The van der Waals surface area contributed by atoms with Crippen molar-refractivity contribution in [1.82, 2.24) is 4.98 Å². The molecule has 0 saturated carbocycles. The number of aromatic nitrogens is 1. The lowest BCUT2D eigenvalue weighted by atomic mass is 10.1. The molecule has 1 aromatic heterocycles. The van der Waals surface area contributed by atoms with Gasteiger partial charge in [-0.2, -0.15) is 0 Å². The van der Waals surface area contributed by atoms with Crippen molar-refractivity contribution in [3.8, 4) is 11.5 Å². The Morgan fingerprint density at radius 2 is 2.19 bits per heavy atom. The van der Waals surface area contributed by atoms with Crippen LogP contribution in [0.5, 0.6) is 11.5 Å². The van der Waals surface area contributed by atoms with Crippen molar-refractivity contribution in [2.45, 2.75) is 6.92 Å². The smallest absolute Gasteiger partial charge is 0.270 e. The molecule has 0 saturated heterocycles. The van der Waals surface area contributed by atoms with Gasteiger partial charge in [-0.1, -0.05) is 5.16 Å². The first-order valence-electron chi connectivity index (χ1n) is 5.88. The summed E-state index contributed by atoms with van der Waals surface area (Å²) in [5, 5.41) is 22.4. The van der Waals surface area contributed by atoms with E-state index in [1.165, 1.54) is 18.2 Å². The number of hydrogen-bond acceptors (Lipinski definition) is 6. The second-order valence-corrected chi connectivity index (χ2v) is 4.11. The van der Waals surface area contributed by atoms with E-state index in [4.69, 9.17) is 15.7 Å². The van der Waals surface area contributed by atoms with E-state index in [1.54, 1.807) is 25.3 Å². The molecule has 0 bridgehead atoms. The lowest BCUT2D eigenvalue weighted by Gasteiger charge is -2.11. The van der Waals surface area contributed by atoms with Crippen LogP contribution in [0.2, 0.25) is 0 Å². The summed E-state index contributed by atoms with van der Waals surface area (Å²) in [7, 11) is 0. The zero-order chi connectivity index (χ0) is 15.4.